The molecular formula is C23H26O3. The molecule has 2 aromatic rings. The quantitative estimate of drug-likeness (QED) is 0.672. The molecule has 0 amide bonds. The third-order valence-electron chi connectivity index (χ3n) is 5.60. The summed E-state index contributed by atoms with van der Waals surface area (Å²) in [7, 11) is 0. The Labute approximate surface area is 155 Å². The van der Waals surface area contributed by atoms with Crippen LogP contribution in [0.2, 0.25) is 0 Å². The number of hydrogen-bond acceptors (Lipinski definition) is 3. The summed E-state index contributed by atoms with van der Waals surface area (Å²) < 4.78 is 6.09. The zero-order chi connectivity index (χ0) is 18.0. The van der Waals surface area contributed by atoms with Gasteiger partial charge < -0.3 is 4.74 Å². The maximum atomic E-state index is 6.09. The molecule has 136 valence electrons. The number of hydrogen-bond donors (Lipinski definition) is 0. The molecule has 2 aromatic carbocycles. The van der Waals surface area contributed by atoms with E-state index in [0.717, 1.165) is 42.7 Å². The van der Waals surface area contributed by atoms with Gasteiger partial charge in [-0.2, -0.15) is 0 Å². The van der Waals surface area contributed by atoms with Gasteiger partial charge in [0.1, 0.15) is 6.10 Å². The lowest BCUT2D eigenvalue weighted by molar-refractivity contribution is -0.484. The molecule has 3 nitrogen and oxygen atoms in total. The van der Waals surface area contributed by atoms with E-state index in [-0.39, 0.29) is 6.10 Å². The van der Waals surface area contributed by atoms with Crippen molar-refractivity contribution in [3.8, 4) is 11.1 Å². The summed E-state index contributed by atoms with van der Waals surface area (Å²) in [6.45, 7) is 6.98. The summed E-state index contributed by atoms with van der Waals surface area (Å²) in [5.74, 6) is 0.198. The average molecular weight is 350 g/mol. The number of benzene rings is 2. The van der Waals surface area contributed by atoms with E-state index in [1.165, 1.54) is 11.1 Å². The minimum atomic E-state index is -0.541. The van der Waals surface area contributed by atoms with Gasteiger partial charge in [0.25, 0.3) is 0 Å². The average Bonchev–Trinajstić information content (AvgIpc) is 2.71. The Morgan fingerprint density at radius 1 is 0.962 bits per heavy atom. The van der Waals surface area contributed by atoms with Crippen LogP contribution < -0.4 is 0 Å². The van der Waals surface area contributed by atoms with Gasteiger partial charge in [0, 0.05) is 12.8 Å². The summed E-state index contributed by atoms with van der Waals surface area (Å²) in [5.41, 5.74) is 4.34. The Morgan fingerprint density at radius 3 is 2.23 bits per heavy atom. The summed E-state index contributed by atoms with van der Waals surface area (Å²) in [5, 5.41) is 0. The Balaban J connectivity index is 1.39. The second-order valence-electron chi connectivity index (χ2n) is 7.54. The van der Waals surface area contributed by atoms with Gasteiger partial charge in [0.05, 0.1) is 6.61 Å². The van der Waals surface area contributed by atoms with E-state index in [2.05, 4.69) is 62.0 Å². The van der Waals surface area contributed by atoms with E-state index in [9.17, 15) is 0 Å². The molecule has 1 saturated carbocycles. The highest BCUT2D eigenvalue weighted by Gasteiger charge is 2.42. The molecule has 2 fully saturated rings. The standard InChI is InChI=1S/C23H26O3/c1-17-12-14-23(15-13-17)24-16-22(25-26-23)18(2)19-8-10-21(11-9-19)20-6-4-3-5-7-20/h3-11,17,22H,2,12-16H2,1H3. The molecule has 0 N–H and O–H groups in total. The van der Waals surface area contributed by atoms with Crippen molar-refractivity contribution in [2.45, 2.75) is 44.5 Å². The molecule has 0 radical (unpaired) electrons. The van der Waals surface area contributed by atoms with Gasteiger partial charge >= 0.3 is 0 Å². The zero-order valence-corrected chi connectivity index (χ0v) is 15.3. The predicted octanol–water partition coefficient (Wildman–Crippen LogP) is 5.62. The monoisotopic (exact) mass is 350 g/mol. The van der Waals surface area contributed by atoms with Crippen LogP contribution >= 0.6 is 0 Å². The van der Waals surface area contributed by atoms with Crippen molar-refractivity contribution in [3.05, 3.63) is 66.7 Å². The molecule has 0 aromatic heterocycles. The highest BCUT2D eigenvalue weighted by Crippen LogP contribution is 2.39. The van der Waals surface area contributed by atoms with E-state index in [4.69, 9.17) is 14.5 Å². The molecule has 0 bridgehead atoms. The van der Waals surface area contributed by atoms with E-state index in [0.29, 0.717) is 6.61 Å². The summed E-state index contributed by atoms with van der Waals surface area (Å²) >= 11 is 0. The predicted molar refractivity (Wildman–Crippen MR) is 103 cm³/mol. The van der Waals surface area contributed by atoms with E-state index < -0.39 is 5.79 Å². The molecule has 1 spiro atoms. The molecule has 1 saturated heterocycles. The molecule has 1 aliphatic carbocycles. The fraction of sp³-hybridized carbons (Fsp3) is 0.391. The van der Waals surface area contributed by atoms with Gasteiger partial charge in [-0.25, -0.2) is 9.78 Å². The Hall–Kier alpha value is -1.94. The van der Waals surface area contributed by atoms with Crippen LogP contribution in [0.15, 0.2) is 61.2 Å². The molecule has 2 aliphatic rings. The topological polar surface area (TPSA) is 27.7 Å². The molecule has 1 aliphatic heterocycles. The highest BCUT2D eigenvalue weighted by atomic mass is 17.2. The molecule has 1 unspecified atom stereocenters. The minimum Gasteiger partial charge on any atom is -0.344 e. The van der Waals surface area contributed by atoms with Gasteiger partial charge in [0.15, 0.2) is 0 Å². The molecule has 3 heteroatoms. The van der Waals surface area contributed by atoms with Crippen LogP contribution in [-0.4, -0.2) is 18.5 Å². The van der Waals surface area contributed by atoms with Gasteiger partial charge in [-0.05, 0) is 41.0 Å². The molecule has 26 heavy (non-hydrogen) atoms. The van der Waals surface area contributed by atoms with Crippen LogP contribution in [0.5, 0.6) is 0 Å². The van der Waals surface area contributed by atoms with Crippen molar-refractivity contribution in [2.75, 3.05) is 6.61 Å². The normalized spacial score (nSPS) is 28.8. The van der Waals surface area contributed by atoms with Crippen LogP contribution in [0.1, 0.15) is 38.2 Å². The van der Waals surface area contributed by atoms with Gasteiger partial charge in [-0.15, -0.1) is 0 Å². The fourth-order valence-electron chi connectivity index (χ4n) is 3.71. The highest BCUT2D eigenvalue weighted by molar-refractivity contribution is 5.71. The Morgan fingerprint density at radius 2 is 1.62 bits per heavy atom. The molecular weight excluding hydrogens is 324 g/mol. The smallest absolute Gasteiger partial charge is 0.201 e. The van der Waals surface area contributed by atoms with Crippen molar-refractivity contribution >= 4 is 5.57 Å². The maximum Gasteiger partial charge on any atom is 0.201 e. The zero-order valence-electron chi connectivity index (χ0n) is 15.3. The lowest BCUT2D eigenvalue weighted by Gasteiger charge is -2.42. The maximum absolute atomic E-state index is 6.09. The molecule has 1 heterocycles. The summed E-state index contributed by atoms with van der Waals surface area (Å²) in [6.07, 6.45) is 3.78. The summed E-state index contributed by atoms with van der Waals surface area (Å²) in [6, 6.07) is 18.7. The van der Waals surface area contributed by atoms with E-state index in [1.54, 1.807) is 0 Å². The van der Waals surface area contributed by atoms with Crippen molar-refractivity contribution < 1.29 is 14.5 Å². The van der Waals surface area contributed by atoms with Crippen LogP contribution in [0, 0.1) is 5.92 Å². The van der Waals surface area contributed by atoms with Crippen molar-refractivity contribution in [1.29, 1.82) is 0 Å². The molecule has 4 rings (SSSR count). The van der Waals surface area contributed by atoms with Crippen molar-refractivity contribution in [3.63, 3.8) is 0 Å². The molecule has 1 atom stereocenters. The minimum absolute atomic E-state index is 0.262. The third kappa shape index (κ3) is 3.61. The van der Waals surface area contributed by atoms with E-state index in [1.807, 2.05) is 6.07 Å². The summed E-state index contributed by atoms with van der Waals surface area (Å²) in [4.78, 5) is 11.4. The second kappa shape index (κ2) is 7.36. The van der Waals surface area contributed by atoms with Gasteiger partial charge in [-0.1, -0.05) is 68.1 Å². The van der Waals surface area contributed by atoms with Gasteiger partial charge in [-0.3, -0.25) is 0 Å². The van der Waals surface area contributed by atoms with Crippen molar-refractivity contribution in [2.24, 2.45) is 5.92 Å². The van der Waals surface area contributed by atoms with Gasteiger partial charge in [0.2, 0.25) is 5.79 Å². The lowest BCUT2D eigenvalue weighted by Crippen LogP contribution is -2.47. The van der Waals surface area contributed by atoms with Crippen molar-refractivity contribution in [1.82, 2.24) is 0 Å². The van der Waals surface area contributed by atoms with Crippen LogP contribution in [-0.2, 0) is 14.5 Å². The van der Waals surface area contributed by atoms with Crippen LogP contribution in [0.3, 0.4) is 0 Å². The SMILES string of the molecule is C=C(c1ccc(-c2ccccc2)cc1)C1COC2(CCC(C)CC2)OO1. The number of ether oxygens (including phenoxy) is 1. The second-order valence-corrected chi connectivity index (χ2v) is 7.54. The number of rotatable bonds is 3. The van der Waals surface area contributed by atoms with Crippen LogP contribution in [0.4, 0.5) is 0 Å². The first kappa shape index (κ1) is 17.5. The first-order valence-electron chi connectivity index (χ1n) is 9.48. The first-order valence-corrected chi connectivity index (χ1v) is 9.48. The Bertz CT molecular complexity index is 733. The lowest BCUT2D eigenvalue weighted by atomic mass is 9.86. The third-order valence-corrected chi connectivity index (χ3v) is 5.60. The van der Waals surface area contributed by atoms with E-state index >= 15 is 0 Å². The largest absolute Gasteiger partial charge is 0.344 e. The Kier molecular flexibility index (Phi) is 4.94. The van der Waals surface area contributed by atoms with Crippen LogP contribution in [0.25, 0.3) is 16.7 Å². The fourth-order valence-corrected chi connectivity index (χ4v) is 3.71. The first-order chi connectivity index (χ1) is 12.7.